The lowest BCUT2D eigenvalue weighted by Gasteiger charge is -2.23. The van der Waals surface area contributed by atoms with Crippen LogP contribution in [0.5, 0.6) is 0 Å². The summed E-state index contributed by atoms with van der Waals surface area (Å²) >= 11 is 0. The van der Waals surface area contributed by atoms with Crippen LogP contribution in [-0.4, -0.2) is 27.5 Å². The number of nitrogens with zero attached hydrogens (tertiary/aromatic N) is 4. The van der Waals surface area contributed by atoms with E-state index in [9.17, 15) is 0 Å². The molecule has 1 fully saturated rings. The molecule has 98 valence electrons. The molecule has 0 saturated carbocycles. The van der Waals surface area contributed by atoms with Crippen LogP contribution in [0.15, 0.2) is 24.3 Å². The summed E-state index contributed by atoms with van der Waals surface area (Å²) in [6.07, 6.45) is 2.53. The van der Waals surface area contributed by atoms with Gasteiger partial charge in [-0.3, -0.25) is 4.90 Å². The van der Waals surface area contributed by atoms with Gasteiger partial charge < -0.3 is 4.57 Å². The van der Waals surface area contributed by atoms with Crippen molar-refractivity contribution in [2.45, 2.75) is 32.4 Å². The quantitative estimate of drug-likeness (QED) is 0.846. The van der Waals surface area contributed by atoms with Crippen molar-refractivity contribution in [3.63, 3.8) is 0 Å². The Hall–Kier alpha value is -1.86. The maximum atomic E-state index is 9.06. The second-order valence-corrected chi connectivity index (χ2v) is 5.12. The van der Waals surface area contributed by atoms with Crippen LogP contribution in [-0.2, 0) is 6.54 Å². The van der Waals surface area contributed by atoms with Crippen molar-refractivity contribution < 1.29 is 0 Å². The molecule has 2 aromatic rings. The minimum absolute atomic E-state index is 0.281. The van der Waals surface area contributed by atoms with Gasteiger partial charge in [-0.1, -0.05) is 12.1 Å². The highest BCUT2D eigenvalue weighted by Crippen LogP contribution is 2.27. The molecule has 3 rings (SSSR count). The largest absolute Gasteiger partial charge is 0.313 e. The monoisotopic (exact) mass is 254 g/mol. The summed E-state index contributed by atoms with van der Waals surface area (Å²) < 4.78 is 2.05. The van der Waals surface area contributed by atoms with E-state index >= 15 is 0 Å². The number of benzene rings is 1. The molecule has 4 nitrogen and oxygen atoms in total. The van der Waals surface area contributed by atoms with Gasteiger partial charge in [-0.15, -0.1) is 0 Å². The van der Waals surface area contributed by atoms with E-state index < -0.39 is 0 Å². The topological polar surface area (TPSA) is 44.9 Å². The van der Waals surface area contributed by atoms with Gasteiger partial charge >= 0.3 is 0 Å². The fourth-order valence-electron chi connectivity index (χ4n) is 2.94. The van der Waals surface area contributed by atoms with Crippen molar-refractivity contribution in [2.24, 2.45) is 0 Å². The Bertz CT molecular complexity index is 617. The minimum Gasteiger partial charge on any atom is -0.313 e. The molecule has 0 amide bonds. The van der Waals surface area contributed by atoms with Crippen LogP contribution in [0.2, 0.25) is 0 Å². The first-order valence-electron chi connectivity index (χ1n) is 6.87. The van der Waals surface area contributed by atoms with E-state index in [2.05, 4.69) is 22.5 Å². The smallest absolute Gasteiger partial charge is 0.127 e. The van der Waals surface area contributed by atoms with Crippen LogP contribution in [0.1, 0.15) is 31.6 Å². The molecule has 0 bridgehead atoms. The van der Waals surface area contributed by atoms with Crippen LogP contribution >= 0.6 is 0 Å². The predicted octanol–water partition coefficient (Wildman–Crippen LogP) is 2.72. The second kappa shape index (κ2) is 5.02. The summed E-state index contributed by atoms with van der Waals surface area (Å²) in [6, 6.07) is 10.6. The van der Waals surface area contributed by atoms with Gasteiger partial charge in [0.25, 0.3) is 0 Å². The summed E-state index contributed by atoms with van der Waals surface area (Å²) in [5.41, 5.74) is 2.05. The van der Waals surface area contributed by atoms with E-state index in [1.165, 1.54) is 12.8 Å². The Labute approximate surface area is 113 Å². The van der Waals surface area contributed by atoms with Gasteiger partial charge in [0.1, 0.15) is 12.4 Å². The number of para-hydroxylation sites is 2. The average molecular weight is 254 g/mol. The van der Waals surface area contributed by atoms with Gasteiger partial charge in [-0.2, -0.15) is 5.26 Å². The van der Waals surface area contributed by atoms with E-state index in [0.717, 1.165) is 29.9 Å². The van der Waals surface area contributed by atoms with Crippen molar-refractivity contribution in [1.29, 1.82) is 5.26 Å². The van der Waals surface area contributed by atoms with Crippen LogP contribution in [0.25, 0.3) is 11.0 Å². The van der Waals surface area contributed by atoms with Crippen molar-refractivity contribution in [3.05, 3.63) is 30.1 Å². The van der Waals surface area contributed by atoms with Crippen molar-refractivity contribution in [3.8, 4) is 6.07 Å². The second-order valence-electron chi connectivity index (χ2n) is 5.12. The zero-order valence-corrected chi connectivity index (χ0v) is 11.2. The molecule has 19 heavy (non-hydrogen) atoms. The highest BCUT2D eigenvalue weighted by molar-refractivity contribution is 5.76. The van der Waals surface area contributed by atoms with Crippen LogP contribution in [0.4, 0.5) is 0 Å². The first-order chi connectivity index (χ1) is 9.31. The fraction of sp³-hybridized carbons (Fsp3) is 0.467. The lowest BCUT2D eigenvalue weighted by molar-refractivity contribution is 0.249. The molecule has 1 unspecified atom stereocenters. The number of aromatic nitrogens is 2. The highest BCUT2D eigenvalue weighted by Gasteiger charge is 2.24. The number of fused-ring (bicyclic) bond motifs is 1. The number of nitriles is 1. The molecule has 0 radical (unpaired) electrons. The number of hydrogen-bond acceptors (Lipinski definition) is 3. The van der Waals surface area contributed by atoms with E-state index in [4.69, 9.17) is 10.2 Å². The number of hydrogen-bond donors (Lipinski definition) is 0. The molecule has 0 spiro atoms. The van der Waals surface area contributed by atoms with Crippen LogP contribution in [0, 0.1) is 11.3 Å². The molecule has 1 aromatic heterocycles. The number of rotatable bonds is 3. The number of imidazole rings is 1. The molecular weight excluding hydrogens is 236 g/mol. The first kappa shape index (κ1) is 12.2. The van der Waals surface area contributed by atoms with E-state index in [1.807, 2.05) is 24.3 Å². The maximum absolute atomic E-state index is 9.06. The van der Waals surface area contributed by atoms with Gasteiger partial charge in [0.15, 0.2) is 0 Å². The molecule has 2 heterocycles. The van der Waals surface area contributed by atoms with Gasteiger partial charge in [0.2, 0.25) is 0 Å². The Morgan fingerprint density at radius 3 is 2.79 bits per heavy atom. The van der Waals surface area contributed by atoms with Gasteiger partial charge in [0.05, 0.1) is 23.1 Å². The zero-order valence-electron chi connectivity index (χ0n) is 11.2. The summed E-state index contributed by atoms with van der Waals surface area (Å²) in [5.74, 6) is 1.02. The molecule has 1 atom stereocenters. The molecule has 4 heteroatoms. The van der Waals surface area contributed by atoms with E-state index in [1.54, 1.807) is 0 Å². The lowest BCUT2D eigenvalue weighted by atomic mass is 10.2. The highest BCUT2D eigenvalue weighted by atomic mass is 15.2. The maximum Gasteiger partial charge on any atom is 0.127 e. The first-order valence-corrected chi connectivity index (χ1v) is 6.87. The molecule has 1 saturated heterocycles. The number of likely N-dealkylation sites (tertiary alicyclic amines) is 1. The molecule has 1 aromatic carbocycles. The van der Waals surface area contributed by atoms with E-state index in [-0.39, 0.29) is 6.04 Å². The predicted molar refractivity (Wildman–Crippen MR) is 74.6 cm³/mol. The standard InChI is InChI=1S/C15H18N4/c1-12(18-9-4-5-10-18)15-17-13-6-2-3-7-14(13)19(15)11-8-16/h2-3,6-7,12H,4-5,9-11H2,1H3. The molecule has 1 aliphatic heterocycles. The zero-order chi connectivity index (χ0) is 13.2. The van der Waals surface area contributed by atoms with Crippen molar-refractivity contribution in [1.82, 2.24) is 14.5 Å². The minimum atomic E-state index is 0.281. The summed E-state index contributed by atoms with van der Waals surface area (Å²) in [4.78, 5) is 7.20. The molecule has 0 N–H and O–H groups in total. The van der Waals surface area contributed by atoms with E-state index in [0.29, 0.717) is 6.54 Å². The Morgan fingerprint density at radius 2 is 2.05 bits per heavy atom. The molecular formula is C15H18N4. The SMILES string of the molecule is CC(c1nc2ccccc2n1CC#N)N1CCCC1. The lowest BCUT2D eigenvalue weighted by Crippen LogP contribution is -2.26. The van der Waals surface area contributed by atoms with Gasteiger partial charge in [-0.25, -0.2) is 4.98 Å². The normalized spacial score (nSPS) is 17.7. The average Bonchev–Trinajstić information content (AvgIpc) is 3.06. The summed E-state index contributed by atoms with van der Waals surface area (Å²) in [5, 5.41) is 9.06. The third kappa shape index (κ3) is 2.11. The Morgan fingerprint density at radius 1 is 1.32 bits per heavy atom. The van der Waals surface area contributed by atoms with Crippen molar-refractivity contribution >= 4 is 11.0 Å². The van der Waals surface area contributed by atoms with Crippen LogP contribution < -0.4 is 0 Å². The summed E-state index contributed by atoms with van der Waals surface area (Å²) in [7, 11) is 0. The molecule has 0 aliphatic carbocycles. The van der Waals surface area contributed by atoms with Crippen LogP contribution in [0.3, 0.4) is 0 Å². The van der Waals surface area contributed by atoms with Gasteiger partial charge in [-0.05, 0) is 45.0 Å². The summed E-state index contributed by atoms with van der Waals surface area (Å²) in [6.45, 7) is 4.84. The third-order valence-corrected chi connectivity index (χ3v) is 3.97. The van der Waals surface area contributed by atoms with Crippen molar-refractivity contribution in [2.75, 3.05) is 13.1 Å². The molecule has 1 aliphatic rings. The third-order valence-electron chi connectivity index (χ3n) is 3.97. The Balaban J connectivity index is 2.06. The van der Waals surface area contributed by atoms with Gasteiger partial charge in [0, 0.05) is 0 Å². The fourth-order valence-corrected chi connectivity index (χ4v) is 2.94. The Kier molecular flexibility index (Phi) is 3.22.